The minimum atomic E-state index is -0.705. The van der Waals surface area contributed by atoms with E-state index in [0.29, 0.717) is 6.61 Å². The van der Waals surface area contributed by atoms with Crippen molar-refractivity contribution in [2.45, 2.75) is 30.6 Å². The third kappa shape index (κ3) is 4.61. The average molecular weight is 289 g/mol. The maximum absolute atomic E-state index is 9.63. The lowest BCUT2D eigenvalue weighted by atomic mass is 10.2. The molecule has 4 heteroatoms. The summed E-state index contributed by atoms with van der Waals surface area (Å²) in [7, 11) is 0. The van der Waals surface area contributed by atoms with Crippen molar-refractivity contribution in [3.63, 3.8) is 0 Å². The Hall–Kier alpha value is -0.420. The van der Waals surface area contributed by atoms with Gasteiger partial charge in [0.2, 0.25) is 0 Å². The molecule has 1 unspecified atom stereocenters. The summed E-state index contributed by atoms with van der Waals surface area (Å²) in [5.41, 5.74) is 1.07. The fourth-order valence-corrected chi connectivity index (χ4v) is 1.44. The second-order valence-corrected chi connectivity index (χ2v) is 4.81. The van der Waals surface area contributed by atoms with Gasteiger partial charge in [-0.2, -0.15) is 0 Å². The third-order valence-electron chi connectivity index (χ3n) is 2.23. The van der Waals surface area contributed by atoms with Crippen molar-refractivity contribution in [2.75, 3.05) is 6.61 Å². The maximum atomic E-state index is 9.63. The number of rotatable bonds is 6. The molecule has 3 nitrogen and oxygen atoms in total. The summed E-state index contributed by atoms with van der Waals surface area (Å²) >= 11 is 3.21. The molecule has 0 aliphatic rings. The van der Waals surface area contributed by atoms with Crippen LogP contribution in [0.1, 0.15) is 12.5 Å². The van der Waals surface area contributed by atoms with Gasteiger partial charge in [-0.1, -0.05) is 46.3 Å². The minimum absolute atomic E-state index is 0.204. The van der Waals surface area contributed by atoms with Gasteiger partial charge in [0.05, 0.1) is 30.2 Å². The average Bonchev–Trinajstić information content (AvgIpc) is 2.29. The van der Waals surface area contributed by atoms with Gasteiger partial charge in [-0.15, -0.1) is 0 Å². The van der Waals surface area contributed by atoms with E-state index in [9.17, 15) is 10.2 Å². The molecule has 0 amide bonds. The molecule has 0 radical (unpaired) electrons. The first kappa shape index (κ1) is 13.6. The van der Waals surface area contributed by atoms with Crippen molar-refractivity contribution in [1.29, 1.82) is 0 Å². The lowest BCUT2D eigenvalue weighted by Crippen LogP contribution is -2.33. The number of aliphatic hydroxyl groups is 2. The highest BCUT2D eigenvalue weighted by molar-refractivity contribution is 9.09. The number of aliphatic hydroxyl groups excluding tert-OH is 2. The number of ether oxygens (including phenoxy) is 1. The van der Waals surface area contributed by atoms with Crippen LogP contribution in [0.3, 0.4) is 0 Å². The molecule has 1 aromatic rings. The fraction of sp³-hybridized carbons (Fsp3) is 0.500. The van der Waals surface area contributed by atoms with Crippen LogP contribution in [0.25, 0.3) is 0 Å². The van der Waals surface area contributed by atoms with E-state index in [2.05, 4.69) is 15.9 Å². The molecule has 1 rings (SSSR count). The van der Waals surface area contributed by atoms with Crippen molar-refractivity contribution in [3.8, 4) is 0 Å². The SMILES string of the molecule is CC(O)[C@H](Br)[C@H](O)COCc1ccccc1. The Kier molecular flexibility index (Phi) is 5.98. The van der Waals surface area contributed by atoms with Crippen molar-refractivity contribution in [1.82, 2.24) is 0 Å². The molecular weight excluding hydrogens is 272 g/mol. The second kappa shape index (κ2) is 7.01. The topological polar surface area (TPSA) is 49.7 Å². The Morgan fingerprint density at radius 1 is 1.25 bits per heavy atom. The van der Waals surface area contributed by atoms with Crippen molar-refractivity contribution in [2.24, 2.45) is 0 Å². The molecule has 0 saturated carbocycles. The molecule has 0 aliphatic heterocycles. The van der Waals surface area contributed by atoms with Gasteiger partial charge in [-0.3, -0.25) is 0 Å². The Morgan fingerprint density at radius 2 is 1.88 bits per heavy atom. The summed E-state index contributed by atoms with van der Waals surface area (Å²) in [6, 6.07) is 9.76. The van der Waals surface area contributed by atoms with Gasteiger partial charge in [0.15, 0.2) is 0 Å². The first-order valence-corrected chi connectivity index (χ1v) is 6.14. The number of benzene rings is 1. The molecule has 0 spiro atoms. The zero-order valence-corrected chi connectivity index (χ0v) is 10.8. The highest BCUT2D eigenvalue weighted by atomic mass is 79.9. The van der Waals surface area contributed by atoms with E-state index >= 15 is 0 Å². The van der Waals surface area contributed by atoms with Gasteiger partial charge in [-0.05, 0) is 12.5 Å². The first-order chi connectivity index (χ1) is 7.61. The molecular formula is C12H17BrO3. The van der Waals surface area contributed by atoms with Crippen LogP contribution in [0.2, 0.25) is 0 Å². The molecule has 16 heavy (non-hydrogen) atoms. The van der Waals surface area contributed by atoms with E-state index in [1.54, 1.807) is 6.92 Å². The Bertz CT molecular complexity index is 290. The van der Waals surface area contributed by atoms with Gasteiger partial charge in [-0.25, -0.2) is 0 Å². The highest BCUT2D eigenvalue weighted by Gasteiger charge is 2.20. The highest BCUT2D eigenvalue weighted by Crippen LogP contribution is 2.12. The van der Waals surface area contributed by atoms with E-state index in [1.807, 2.05) is 30.3 Å². The van der Waals surface area contributed by atoms with Gasteiger partial charge in [0.25, 0.3) is 0 Å². The first-order valence-electron chi connectivity index (χ1n) is 5.23. The molecule has 2 N–H and O–H groups in total. The largest absolute Gasteiger partial charge is 0.392 e. The third-order valence-corrected chi connectivity index (χ3v) is 3.60. The summed E-state index contributed by atoms with van der Waals surface area (Å²) in [6.07, 6.45) is -1.31. The van der Waals surface area contributed by atoms with E-state index in [0.717, 1.165) is 5.56 Å². The predicted molar refractivity (Wildman–Crippen MR) is 66.5 cm³/mol. The van der Waals surface area contributed by atoms with Crippen LogP contribution < -0.4 is 0 Å². The Morgan fingerprint density at radius 3 is 2.44 bits per heavy atom. The standard InChI is InChI=1S/C12H17BrO3/c1-9(14)12(13)11(15)8-16-7-10-5-3-2-4-6-10/h2-6,9,11-12,14-15H,7-8H2,1H3/t9?,11-,12+/m1/s1. The van der Waals surface area contributed by atoms with E-state index in [4.69, 9.17) is 4.74 Å². The summed E-state index contributed by atoms with van der Waals surface area (Å²) in [6.45, 7) is 2.30. The van der Waals surface area contributed by atoms with Gasteiger partial charge >= 0.3 is 0 Å². The van der Waals surface area contributed by atoms with Gasteiger partial charge in [0.1, 0.15) is 0 Å². The van der Waals surface area contributed by atoms with Crippen molar-refractivity contribution >= 4 is 15.9 Å². The number of halogens is 1. The number of hydrogen-bond acceptors (Lipinski definition) is 3. The normalized spacial score (nSPS) is 16.8. The van der Waals surface area contributed by atoms with Crippen LogP contribution >= 0.6 is 15.9 Å². The predicted octanol–water partition coefficient (Wildman–Crippen LogP) is 1.71. The zero-order valence-electron chi connectivity index (χ0n) is 9.21. The summed E-state index contributed by atoms with van der Waals surface area (Å²) in [5.74, 6) is 0. The van der Waals surface area contributed by atoms with Crippen molar-refractivity contribution < 1.29 is 14.9 Å². The van der Waals surface area contributed by atoms with Crippen LogP contribution in [-0.2, 0) is 11.3 Å². The molecule has 0 fully saturated rings. The Labute approximate surface area is 104 Å². The van der Waals surface area contributed by atoms with E-state index < -0.39 is 12.2 Å². The molecule has 0 bridgehead atoms. The summed E-state index contributed by atoms with van der Waals surface area (Å²) in [5, 5.41) is 18.9. The van der Waals surface area contributed by atoms with Crippen LogP contribution in [0, 0.1) is 0 Å². The molecule has 0 aromatic heterocycles. The minimum Gasteiger partial charge on any atom is -0.392 e. The van der Waals surface area contributed by atoms with Gasteiger partial charge < -0.3 is 14.9 Å². The fourth-order valence-electron chi connectivity index (χ4n) is 1.29. The number of alkyl halides is 1. The molecule has 90 valence electrons. The van der Waals surface area contributed by atoms with Crippen molar-refractivity contribution in [3.05, 3.63) is 35.9 Å². The van der Waals surface area contributed by atoms with Crippen LogP contribution in [0.4, 0.5) is 0 Å². The van der Waals surface area contributed by atoms with E-state index in [1.165, 1.54) is 0 Å². The van der Waals surface area contributed by atoms with Crippen LogP contribution in [-0.4, -0.2) is 33.9 Å². The van der Waals surface area contributed by atoms with Crippen LogP contribution in [0.5, 0.6) is 0 Å². The second-order valence-electron chi connectivity index (χ2n) is 3.75. The van der Waals surface area contributed by atoms with E-state index in [-0.39, 0.29) is 11.4 Å². The molecule has 0 heterocycles. The smallest absolute Gasteiger partial charge is 0.0923 e. The molecule has 0 saturated heterocycles. The summed E-state index contributed by atoms with van der Waals surface area (Å²) < 4.78 is 5.36. The molecule has 3 atom stereocenters. The quantitative estimate of drug-likeness (QED) is 0.784. The lowest BCUT2D eigenvalue weighted by molar-refractivity contribution is 0.0103. The van der Waals surface area contributed by atoms with Gasteiger partial charge in [0, 0.05) is 0 Å². The molecule has 1 aromatic carbocycles. The molecule has 0 aliphatic carbocycles. The lowest BCUT2D eigenvalue weighted by Gasteiger charge is -2.19. The zero-order chi connectivity index (χ0) is 12.0. The Balaban J connectivity index is 2.25. The van der Waals surface area contributed by atoms with Crippen LogP contribution in [0.15, 0.2) is 30.3 Å². The monoisotopic (exact) mass is 288 g/mol. The maximum Gasteiger partial charge on any atom is 0.0923 e. The number of hydrogen-bond donors (Lipinski definition) is 2. The summed E-state index contributed by atoms with van der Waals surface area (Å²) in [4.78, 5) is -0.358.